The van der Waals surface area contributed by atoms with E-state index in [2.05, 4.69) is 0 Å². The maximum absolute atomic E-state index is 11.9. The molecule has 0 aliphatic rings. The number of carbonyl (C=O) groups is 1. The number of carbonyl (C=O) groups excluding carboxylic acids is 1. The fraction of sp³-hybridized carbons (Fsp3) is 0.0667. The van der Waals surface area contributed by atoms with Crippen molar-refractivity contribution in [1.29, 1.82) is 5.26 Å². The summed E-state index contributed by atoms with van der Waals surface area (Å²) in [4.78, 5) is 11.9. The number of anilines is 1. The molecule has 0 heterocycles. The van der Waals surface area contributed by atoms with Crippen molar-refractivity contribution in [2.45, 2.75) is 6.61 Å². The highest BCUT2D eigenvalue weighted by atomic mass is 35.5. The van der Waals surface area contributed by atoms with Gasteiger partial charge in [-0.3, -0.25) is 0 Å². The van der Waals surface area contributed by atoms with Crippen molar-refractivity contribution in [1.82, 2.24) is 0 Å². The van der Waals surface area contributed by atoms with Crippen molar-refractivity contribution in [3.8, 4) is 6.07 Å². The third-order valence-corrected chi connectivity index (χ3v) is 2.80. The molecule has 100 valence electrons. The molecule has 0 saturated heterocycles. The van der Waals surface area contributed by atoms with E-state index in [1.165, 1.54) is 12.1 Å². The maximum atomic E-state index is 11.9. The highest BCUT2D eigenvalue weighted by Gasteiger charge is 2.09. The zero-order valence-electron chi connectivity index (χ0n) is 10.5. The molecule has 0 unspecified atom stereocenters. The molecule has 0 aliphatic carbocycles. The number of hydrogen-bond acceptors (Lipinski definition) is 4. The highest BCUT2D eigenvalue weighted by Crippen LogP contribution is 2.18. The number of nitrogen functional groups attached to an aromatic ring is 1. The van der Waals surface area contributed by atoms with E-state index in [0.29, 0.717) is 21.8 Å². The average Bonchev–Trinajstić information content (AvgIpc) is 2.44. The van der Waals surface area contributed by atoms with Gasteiger partial charge < -0.3 is 10.5 Å². The fourth-order valence-electron chi connectivity index (χ4n) is 1.69. The summed E-state index contributed by atoms with van der Waals surface area (Å²) in [6, 6.07) is 13.4. The van der Waals surface area contributed by atoms with Crippen molar-refractivity contribution in [3.63, 3.8) is 0 Å². The predicted octanol–water partition coefficient (Wildman–Crippen LogP) is 3.15. The SMILES string of the molecule is N#Cc1cccc(COC(=O)c2cc(N)cc(Cl)c2)c1. The number of halogens is 1. The molecule has 5 heteroatoms. The first kappa shape index (κ1) is 13.9. The molecule has 0 fully saturated rings. The molecule has 0 radical (unpaired) electrons. The van der Waals surface area contributed by atoms with Gasteiger partial charge in [-0.1, -0.05) is 23.7 Å². The van der Waals surface area contributed by atoms with Crippen LogP contribution in [-0.2, 0) is 11.3 Å². The molecule has 4 nitrogen and oxygen atoms in total. The second-order valence-corrected chi connectivity index (χ2v) is 4.60. The van der Waals surface area contributed by atoms with Crippen LogP contribution in [-0.4, -0.2) is 5.97 Å². The first-order valence-corrected chi connectivity index (χ1v) is 6.18. The molecule has 2 rings (SSSR count). The van der Waals surface area contributed by atoms with E-state index in [1.807, 2.05) is 6.07 Å². The zero-order valence-corrected chi connectivity index (χ0v) is 11.2. The zero-order chi connectivity index (χ0) is 14.5. The van der Waals surface area contributed by atoms with Gasteiger partial charge in [0.25, 0.3) is 0 Å². The quantitative estimate of drug-likeness (QED) is 0.694. The summed E-state index contributed by atoms with van der Waals surface area (Å²) in [7, 11) is 0. The molecular formula is C15H11ClN2O2. The molecule has 2 aromatic carbocycles. The van der Waals surface area contributed by atoms with E-state index in [1.54, 1.807) is 30.3 Å². The van der Waals surface area contributed by atoms with Crippen molar-refractivity contribution < 1.29 is 9.53 Å². The molecule has 0 aliphatic heterocycles. The van der Waals surface area contributed by atoms with Crippen molar-refractivity contribution in [2.24, 2.45) is 0 Å². The minimum atomic E-state index is -0.512. The van der Waals surface area contributed by atoms with Gasteiger partial charge in [0, 0.05) is 10.7 Å². The Labute approximate surface area is 121 Å². The smallest absolute Gasteiger partial charge is 0.338 e. The summed E-state index contributed by atoms with van der Waals surface area (Å²) in [5.41, 5.74) is 7.57. The van der Waals surface area contributed by atoms with Crippen LogP contribution in [0.4, 0.5) is 5.69 Å². The Morgan fingerprint density at radius 3 is 2.80 bits per heavy atom. The van der Waals surface area contributed by atoms with E-state index in [9.17, 15) is 4.79 Å². The van der Waals surface area contributed by atoms with E-state index < -0.39 is 5.97 Å². The lowest BCUT2D eigenvalue weighted by Gasteiger charge is -2.06. The number of hydrogen-bond donors (Lipinski definition) is 1. The molecule has 0 amide bonds. The van der Waals surface area contributed by atoms with Crippen LogP contribution in [0.5, 0.6) is 0 Å². The Morgan fingerprint density at radius 1 is 1.30 bits per heavy atom. The summed E-state index contributed by atoms with van der Waals surface area (Å²) in [5.74, 6) is -0.512. The van der Waals surface area contributed by atoms with Crippen LogP contribution < -0.4 is 5.73 Å². The first-order valence-electron chi connectivity index (χ1n) is 5.81. The fourth-order valence-corrected chi connectivity index (χ4v) is 1.94. The minimum Gasteiger partial charge on any atom is -0.457 e. The van der Waals surface area contributed by atoms with Crippen LogP contribution in [0.3, 0.4) is 0 Å². The lowest BCUT2D eigenvalue weighted by molar-refractivity contribution is 0.0472. The summed E-state index contributed by atoms with van der Waals surface area (Å²) in [6.07, 6.45) is 0. The van der Waals surface area contributed by atoms with E-state index in [4.69, 9.17) is 27.3 Å². The number of rotatable bonds is 3. The number of esters is 1. The van der Waals surface area contributed by atoms with Crippen molar-refractivity contribution in [3.05, 3.63) is 64.2 Å². The molecule has 20 heavy (non-hydrogen) atoms. The van der Waals surface area contributed by atoms with Gasteiger partial charge in [0.2, 0.25) is 0 Å². The summed E-state index contributed by atoms with van der Waals surface area (Å²) < 4.78 is 5.16. The Morgan fingerprint density at radius 2 is 2.10 bits per heavy atom. The summed E-state index contributed by atoms with van der Waals surface area (Å²) in [5, 5.41) is 9.17. The normalized spacial score (nSPS) is 9.80. The molecule has 0 saturated carbocycles. The standard InChI is InChI=1S/C15H11ClN2O2/c16-13-5-12(6-14(18)7-13)15(19)20-9-11-3-1-2-10(4-11)8-17/h1-7H,9,18H2. The van der Waals surface area contributed by atoms with Crippen LogP contribution in [0.15, 0.2) is 42.5 Å². The molecule has 0 aromatic heterocycles. The summed E-state index contributed by atoms with van der Waals surface area (Å²) in [6.45, 7) is 0.0841. The molecular weight excluding hydrogens is 276 g/mol. The van der Waals surface area contributed by atoms with E-state index in [0.717, 1.165) is 5.56 Å². The van der Waals surface area contributed by atoms with Crippen LogP contribution in [0.1, 0.15) is 21.5 Å². The number of nitrogens with two attached hydrogens (primary N) is 1. The Hall–Kier alpha value is -2.51. The van der Waals surface area contributed by atoms with Gasteiger partial charge in [-0.2, -0.15) is 5.26 Å². The Balaban J connectivity index is 2.06. The van der Waals surface area contributed by atoms with Gasteiger partial charge in [-0.15, -0.1) is 0 Å². The predicted molar refractivity (Wildman–Crippen MR) is 76.1 cm³/mol. The molecule has 0 atom stereocenters. The Kier molecular flexibility index (Phi) is 4.24. The van der Waals surface area contributed by atoms with Crippen LogP contribution in [0, 0.1) is 11.3 Å². The number of nitrogens with zero attached hydrogens (tertiary/aromatic N) is 1. The molecule has 0 spiro atoms. The molecule has 2 N–H and O–H groups in total. The van der Waals surface area contributed by atoms with Crippen molar-refractivity contribution >= 4 is 23.3 Å². The first-order chi connectivity index (χ1) is 9.58. The monoisotopic (exact) mass is 286 g/mol. The largest absolute Gasteiger partial charge is 0.457 e. The second kappa shape index (κ2) is 6.09. The van der Waals surface area contributed by atoms with E-state index in [-0.39, 0.29) is 6.61 Å². The topological polar surface area (TPSA) is 76.1 Å². The molecule has 2 aromatic rings. The Bertz CT molecular complexity index is 672. The van der Waals surface area contributed by atoms with Crippen LogP contribution in [0.2, 0.25) is 5.02 Å². The lowest BCUT2D eigenvalue weighted by atomic mass is 10.1. The third kappa shape index (κ3) is 3.50. The number of benzene rings is 2. The average molecular weight is 287 g/mol. The van der Waals surface area contributed by atoms with Gasteiger partial charge >= 0.3 is 5.97 Å². The van der Waals surface area contributed by atoms with E-state index >= 15 is 0 Å². The molecule has 0 bridgehead atoms. The van der Waals surface area contributed by atoms with Gasteiger partial charge in [-0.05, 0) is 35.9 Å². The van der Waals surface area contributed by atoms with Gasteiger partial charge in [-0.25, -0.2) is 4.79 Å². The maximum Gasteiger partial charge on any atom is 0.338 e. The van der Waals surface area contributed by atoms with Gasteiger partial charge in [0.05, 0.1) is 17.2 Å². The minimum absolute atomic E-state index is 0.0841. The highest BCUT2D eigenvalue weighted by molar-refractivity contribution is 6.31. The number of nitriles is 1. The van der Waals surface area contributed by atoms with Crippen LogP contribution >= 0.6 is 11.6 Å². The van der Waals surface area contributed by atoms with Gasteiger partial charge in [0.1, 0.15) is 6.61 Å². The lowest BCUT2D eigenvalue weighted by Crippen LogP contribution is -2.06. The van der Waals surface area contributed by atoms with Crippen molar-refractivity contribution in [2.75, 3.05) is 5.73 Å². The number of ether oxygens (including phenoxy) is 1. The van der Waals surface area contributed by atoms with Crippen LogP contribution in [0.25, 0.3) is 0 Å². The summed E-state index contributed by atoms with van der Waals surface area (Å²) >= 11 is 5.83. The third-order valence-electron chi connectivity index (χ3n) is 2.58. The second-order valence-electron chi connectivity index (χ2n) is 4.16. The van der Waals surface area contributed by atoms with Gasteiger partial charge in [0.15, 0.2) is 0 Å².